The molecule has 0 N–H and O–H groups in total. The molecule has 0 aliphatic carbocycles. The van der Waals surface area contributed by atoms with Gasteiger partial charge >= 0.3 is 0 Å². The maximum atomic E-state index is 8.89. The van der Waals surface area contributed by atoms with Crippen molar-refractivity contribution in [3.63, 3.8) is 0 Å². The molecule has 0 saturated carbocycles. The molecule has 0 bridgehead atoms. The Morgan fingerprint density at radius 2 is 2.10 bits per heavy atom. The van der Waals surface area contributed by atoms with E-state index < -0.39 is 0 Å². The van der Waals surface area contributed by atoms with Crippen LogP contribution in [0.3, 0.4) is 0 Å². The normalized spacial score (nSPS) is 9.85. The van der Waals surface area contributed by atoms with Gasteiger partial charge in [0.1, 0.15) is 6.61 Å². The summed E-state index contributed by atoms with van der Waals surface area (Å²) in [7, 11) is 0. The summed E-state index contributed by atoms with van der Waals surface area (Å²) in [5.41, 5.74) is 1.37. The van der Waals surface area contributed by atoms with Crippen molar-refractivity contribution in [2.75, 3.05) is 6.61 Å². The predicted molar refractivity (Wildman–Crippen MR) is 75.9 cm³/mol. The Morgan fingerprint density at radius 3 is 2.80 bits per heavy atom. The van der Waals surface area contributed by atoms with Gasteiger partial charge in [0.25, 0.3) is 0 Å². The van der Waals surface area contributed by atoms with Crippen molar-refractivity contribution in [3.05, 3.63) is 52.8 Å². The summed E-state index contributed by atoms with van der Waals surface area (Å²) in [6.07, 6.45) is 3.23. The summed E-state index contributed by atoms with van der Waals surface area (Å²) in [6.45, 7) is 2.69. The zero-order valence-electron chi connectivity index (χ0n) is 11.0. The molecule has 0 fully saturated rings. The average molecular weight is 289 g/mol. The lowest BCUT2D eigenvalue weighted by molar-refractivity contribution is 0.269. The minimum Gasteiger partial charge on any atom is -0.490 e. The second kappa shape index (κ2) is 6.78. The van der Waals surface area contributed by atoms with Gasteiger partial charge in [-0.25, -0.2) is 0 Å². The van der Waals surface area contributed by atoms with E-state index in [-0.39, 0.29) is 0 Å². The number of halogens is 1. The molecule has 1 aromatic heterocycles. The Balaban J connectivity index is 2.17. The van der Waals surface area contributed by atoms with Crippen LogP contribution in [0.4, 0.5) is 0 Å². The lowest BCUT2D eigenvalue weighted by Gasteiger charge is -2.12. The third-order valence-electron chi connectivity index (χ3n) is 2.61. The topological polar surface area (TPSA) is 55.1 Å². The Hall–Kier alpha value is -2.25. The monoisotopic (exact) mass is 288 g/mol. The highest BCUT2D eigenvalue weighted by Gasteiger charge is 2.08. The lowest BCUT2D eigenvalue weighted by atomic mass is 10.2. The van der Waals surface area contributed by atoms with Crippen LogP contribution in [-0.4, -0.2) is 11.6 Å². The van der Waals surface area contributed by atoms with Crippen LogP contribution in [0.15, 0.2) is 36.7 Å². The molecule has 0 unspecified atom stereocenters. The first-order chi connectivity index (χ1) is 9.74. The molecule has 4 nitrogen and oxygen atoms in total. The molecule has 20 heavy (non-hydrogen) atoms. The Bertz CT molecular complexity index is 638. The van der Waals surface area contributed by atoms with Gasteiger partial charge < -0.3 is 9.47 Å². The van der Waals surface area contributed by atoms with Gasteiger partial charge in [-0.15, -0.1) is 0 Å². The molecule has 0 atom stereocenters. The molecule has 2 rings (SSSR count). The van der Waals surface area contributed by atoms with E-state index in [0.29, 0.717) is 35.3 Å². The number of hydrogen-bond acceptors (Lipinski definition) is 4. The third-order valence-corrected chi connectivity index (χ3v) is 2.95. The fraction of sp³-hybridized carbons (Fsp3) is 0.200. The van der Waals surface area contributed by atoms with Crippen molar-refractivity contribution >= 4 is 11.6 Å². The van der Waals surface area contributed by atoms with Crippen molar-refractivity contribution in [2.24, 2.45) is 0 Å². The van der Waals surface area contributed by atoms with Gasteiger partial charge in [0, 0.05) is 24.0 Å². The molecular formula is C15H13ClN2O2. The van der Waals surface area contributed by atoms with Crippen molar-refractivity contribution in [2.45, 2.75) is 13.5 Å². The Kier molecular flexibility index (Phi) is 4.80. The van der Waals surface area contributed by atoms with Gasteiger partial charge in [-0.1, -0.05) is 11.6 Å². The first-order valence-corrected chi connectivity index (χ1v) is 6.50. The van der Waals surface area contributed by atoms with E-state index in [1.54, 1.807) is 36.7 Å². The van der Waals surface area contributed by atoms with E-state index in [4.69, 9.17) is 26.3 Å². The molecule has 0 amide bonds. The quantitative estimate of drug-likeness (QED) is 0.844. The van der Waals surface area contributed by atoms with Gasteiger partial charge in [0.2, 0.25) is 0 Å². The van der Waals surface area contributed by atoms with Crippen LogP contribution < -0.4 is 9.47 Å². The van der Waals surface area contributed by atoms with Gasteiger partial charge in [-0.3, -0.25) is 4.98 Å². The number of aromatic nitrogens is 1. The highest BCUT2D eigenvalue weighted by Crippen LogP contribution is 2.29. The van der Waals surface area contributed by atoms with Crippen LogP contribution in [0, 0.1) is 11.3 Å². The Morgan fingerprint density at radius 1 is 1.25 bits per heavy atom. The first kappa shape index (κ1) is 14.2. The number of nitriles is 1. The van der Waals surface area contributed by atoms with Gasteiger partial charge in [0.05, 0.1) is 23.3 Å². The highest BCUT2D eigenvalue weighted by molar-refractivity contribution is 6.31. The summed E-state index contributed by atoms with van der Waals surface area (Å²) in [5.74, 6) is 1.13. The van der Waals surface area contributed by atoms with Crippen molar-refractivity contribution in [1.29, 1.82) is 5.26 Å². The average Bonchev–Trinajstić information content (AvgIpc) is 2.47. The number of nitrogens with zero attached hydrogens (tertiary/aromatic N) is 2. The van der Waals surface area contributed by atoms with Crippen molar-refractivity contribution in [3.8, 4) is 17.6 Å². The second-order valence-electron chi connectivity index (χ2n) is 3.96. The fourth-order valence-corrected chi connectivity index (χ4v) is 1.82. The number of pyridine rings is 1. The van der Waals surface area contributed by atoms with Crippen molar-refractivity contribution in [1.82, 2.24) is 4.98 Å². The predicted octanol–water partition coefficient (Wildman–Crippen LogP) is 3.58. The molecule has 5 heteroatoms. The molecule has 0 aliphatic rings. The second-order valence-corrected chi connectivity index (χ2v) is 4.37. The summed E-state index contributed by atoms with van der Waals surface area (Å²) in [4.78, 5) is 3.92. The van der Waals surface area contributed by atoms with Gasteiger partial charge in [0.15, 0.2) is 11.5 Å². The maximum Gasteiger partial charge on any atom is 0.162 e. The van der Waals surface area contributed by atoms with Crippen LogP contribution in [-0.2, 0) is 6.61 Å². The molecule has 0 radical (unpaired) electrons. The standard InChI is InChI=1S/C15H13ClN2O2/c1-2-19-15-7-11(8-17)3-4-14(15)20-10-12-5-6-18-9-13(12)16/h3-7,9H,2,10H2,1H3. The third kappa shape index (κ3) is 3.40. The first-order valence-electron chi connectivity index (χ1n) is 6.12. The molecule has 0 saturated heterocycles. The summed E-state index contributed by atoms with van der Waals surface area (Å²) >= 11 is 6.02. The zero-order chi connectivity index (χ0) is 14.4. The van der Waals surface area contributed by atoms with E-state index in [1.165, 1.54) is 0 Å². The molecule has 102 valence electrons. The van der Waals surface area contributed by atoms with Crippen molar-refractivity contribution < 1.29 is 9.47 Å². The van der Waals surface area contributed by atoms with Crippen LogP contribution >= 0.6 is 11.6 Å². The molecule has 1 heterocycles. The Labute approximate surface area is 122 Å². The lowest BCUT2D eigenvalue weighted by Crippen LogP contribution is -2.00. The SMILES string of the molecule is CCOc1cc(C#N)ccc1OCc1ccncc1Cl. The maximum absolute atomic E-state index is 8.89. The van der Waals surface area contributed by atoms with Crippen LogP contribution in [0.5, 0.6) is 11.5 Å². The van der Waals surface area contributed by atoms with Gasteiger partial charge in [-0.2, -0.15) is 5.26 Å². The van der Waals surface area contributed by atoms with E-state index in [2.05, 4.69) is 11.1 Å². The number of ether oxygens (including phenoxy) is 2. The van der Waals surface area contributed by atoms with E-state index in [1.807, 2.05) is 6.92 Å². The largest absolute Gasteiger partial charge is 0.490 e. The fourth-order valence-electron chi connectivity index (χ4n) is 1.64. The molecule has 1 aromatic carbocycles. The van der Waals surface area contributed by atoms with E-state index in [9.17, 15) is 0 Å². The highest BCUT2D eigenvalue weighted by atomic mass is 35.5. The van der Waals surface area contributed by atoms with Crippen LogP contribution in [0.1, 0.15) is 18.1 Å². The number of rotatable bonds is 5. The summed E-state index contributed by atoms with van der Waals surface area (Å²) in [6, 6.07) is 8.94. The van der Waals surface area contributed by atoms with Gasteiger partial charge in [-0.05, 0) is 25.1 Å². The molecular weight excluding hydrogens is 276 g/mol. The molecule has 0 spiro atoms. The minimum absolute atomic E-state index is 0.313. The smallest absolute Gasteiger partial charge is 0.162 e. The molecule has 0 aliphatic heterocycles. The summed E-state index contributed by atoms with van der Waals surface area (Å²) in [5, 5.41) is 9.45. The number of benzene rings is 1. The molecule has 2 aromatic rings. The minimum atomic E-state index is 0.313. The summed E-state index contributed by atoms with van der Waals surface area (Å²) < 4.78 is 11.2. The zero-order valence-corrected chi connectivity index (χ0v) is 11.7. The van der Waals surface area contributed by atoms with E-state index in [0.717, 1.165) is 5.56 Å². The number of hydrogen-bond donors (Lipinski definition) is 0. The van der Waals surface area contributed by atoms with Crippen LogP contribution in [0.2, 0.25) is 5.02 Å². The van der Waals surface area contributed by atoms with E-state index >= 15 is 0 Å². The van der Waals surface area contributed by atoms with Crippen LogP contribution in [0.25, 0.3) is 0 Å².